The first-order chi connectivity index (χ1) is 16.5. The predicted octanol–water partition coefficient (Wildman–Crippen LogP) is 6.17. The molecule has 0 saturated carbocycles. The third kappa shape index (κ3) is 4.98. The molecule has 0 radical (unpaired) electrons. The number of aromatic hydroxyl groups is 2. The lowest BCUT2D eigenvalue weighted by atomic mass is 10.00. The van der Waals surface area contributed by atoms with Gasteiger partial charge in [-0.15, -0.1) is 11.8 Å². The summed E-state index contributed by atoms with van der Waals surface area (Å²) >= 11 is 1.64. The number of ether oxygens (including phenoxy) is 2. The fourth-order valence-electron chi connectivity index (χ4n) is 4.72. The Morgan fingerprint density at radius 2 is 1.82 bits per heavy atom. The van der Waals surface area contributed by atoms with Gasteiger partial charge in [0.05, 0.1) is 10.1 Å². The fraction of sp³-hybridized carbons (Fsp3) is 0.357. The molecule has 0 aromatic heterocycles. The van der Waals surface area contributed by atoms with E-state index in [-0.39, 0.29) is 22.9 Å². The number of hydrogen-bond acceptors (Lipinski definition) is 6. The molecule has 0 bridgehead atoms. The van der Waals surface area contributed by atoms with Crippen molar-refractivity contribution in [3.05, 3.63) is 77.9 Å². The zero-order valence-electron chi connectivity index (χ0n) is 19.6. The van der Waals surface area contributed by atoms with Gasteiger partial charge in [-0.3, -0.25) is 4.90 Å². The van der Waals surface area contributed by atoms with Gasteiger partial charge in [0.25, 0.3) is 0 Å². The van der Waals surface area contributed by atoms with E-state index < -0.39 is 0 Å². The normalized spacial score (nSPS) is 23.2. The summed E-state index contributed by atoms with van der Waals surface area (Å²) in [4.78, 5) is 3.39. The van der Waals surface area contributed by atoms with Gasteiger partial charge >= 0.3 is 0 Å². The molecule has 0 spiro atoms. The molecule has 0 aliphatic carbocycles. The first-order valence-corrected chi connectivity index (χ1v) is 12.8. The minimum Gasteiger partial charge on any atom is -0.508 e. The van der Waals surface area contributed by atoms with Gasteiger partial charge in [0.15, 0.2) is 0 Å². The molecule has 2 aliphatic heterocycles. The van der Waals surface area contributed by atoms with Crippen LogP contribution in [0.25, 0.3) is 0 Å². The molecule has 1 unspecified atom stereocenters. The van der Waals surface area contributed by atoms with Crippen LogP contribution in [0.3, 0.4) is 0 Å². The molecule has 4 atom stereocenters. The molecule has 2 heterocycles. The minimum atomic E-state index is -0.247. The third-order valence-corrected chi connectivity index (χ3v) is 8.03. The summed E-state index contributed by atoms with van der Waals surface area (Å²) in [5, 5.41) is 19.9. The molecule has 34 heavy (non-hydrogen) atoms. The molecule has 2 aliphatic rings. The van der Waals surface area contributed by atoms with E-state index in [0.29, 0.717) is 12.6 Å². The van der Waals surface area contributed by atoms with Crippen LogP contribution in [0.4, 0.5) is 0 Å². The lowest BCUT2D eigenvalue weighted by Crippen LogP contribution is -2.35. The maximum Gasteiger partial charge on any atom is 0.140 e. The van der Waals surface area contributed by atoms with Crippen LogP contribution in [0, 0.1) is 5.92 Å². The summed E-state index contributed by atoms with van der Waals surface area (Å²) in [6, 6.07) is 21.0. The predicted molar refractivity (Wildman–Crippen MR) is 135 cm³/mol. The van der Waals surface area contributed by atoms with Gasteiger partial charge in [0.2, 0.25) is 0 Å². The van der Waals surface area contributed by atoms with Gasteiger partial charge < -0.3 is 19.7 Å². The molecule has 5 nitrogen and oxygen atoms in total. The Kier molecular flexibility index (Phi) is 6.61. The number of rotatable bonds is 6. The van der Waals surface area contributed by atoms with Crippen molar-refractivity contribution in [3.63, 3.8) is 0 Å². The Morgan fingerprint density at radius 3 is 2.56 bits per heavy atom. The Bertz CT molecular complexity index is 1140. The van der Waals surface area contributed by atoms with E-state index >= 15 is 0 Å². The summed E-state index contributed by atoms with van der Waals surface area (Å²) in [6.45, 7) is 7.51. The van der Waals surface area contributed by atoms with E-state index in [1.165, 1.54) is 6.42 Å². The standard InChI is InChI=1S/C28H31NO4S/c1-18-12-13-29(16-18)19(2)17-32-24-9-6-20(7-10-24)27-28(21-4-3-5-22(30)14-21)34-26-15-23(31)8-11-25(26)33-27/h3-11,14-15,18-19,27-28,30-31H,12-13,16-17H2,1-2H3/t18?,19-,27-,28+/m0/s1. The van der Waals surface area contributed by atoms with E-state index in [1.807, 2.05) is 24.3 Å². The van der Waals surface area contributed by atoms with Crippen molar-refractivity contribution in [2.45, 2.75) is 42.6 Å². The molecule has 1 fully saturated rings. The van der Waals surface area contributed by atoms with Crippen LogP contribution in [0.2, 0.25) is 0 Å². The quantitative estimate of drug-likeness (QED) is 0.442. The lowest BCUT2D eigenvalue weighted by Gasteiger charge is -2.34. The maximum absolute atomic E-state index is 10.1. The summed E-state index contributed by atoms with van der Waals surface area (Å²) < 4.78 is 12.5. The molecule has 2 N–H and O–H groups in total. The highest BCUT2D eigenvalue weighted by Gasteiger charge is 2.34. The number of likely N-dealkylation sites (tertiary alicyclic amines) is 1. The van der Waals surface area contributed by atoms with Crippen LogP contribution in [-0.2, 0) is 0 Å². The summed E-state index contributed by atoms with van der Waals surface area (Å²) in [7, 11) is 0. The molecule has 1 saturated heterocycles. The molecular weight excluding hydrogens is 446 g/mol. The second-order valence-electron chi connectivity index (χ2n) is 9.42. The van der Waals surface area contributed by atoms with Gasteiger partial charge in [-0.05, 0) is 79.4 Å². The van der Waals surface area contributed by atoms with Crippen molar-refractivity contribution in [1.29, 1.82) is 0 Å². The van der Waals surface area contributed by atoms with Crippen molar-refractivity contribution in [2.24, 2.45) is 5.92 Å². The number of phenolic OH excluding ortho intramolecular Hbond substituents is 2. The van der Waals surface area contributed by atoms with Crippen LogP contribution in [0.1, 0.15) is 42.7 Å². The van der Waals surface area contributed by atoms with Crippen molar-refractivity contribution in [2.75, 3.05) is 19.7 Å². The van der Waals surface area contributed by atoms with Gasteiger partial charge in [-0.25, -0.2) is 0 Å². The van der Waals surface area contributed by atoms with E-state index in [9.17, 15) is 10.2 Å². The fourth-order valence-corrected chi connectivity index (χ4v) is 6.03. The molecule has 0 amide bonds. The lowest BCUT2D eigenvalue weighted by molar-refractivity contribution is 0.168. The highest BCUT2D eigenvalue weighted by atomic mass is 32.2. The van der Waals surface area contributed by atoms with Crippen LogP contribution in [0.15, 0.2) is 71.6 Å². The number of fused-ring (bicyclic) bond motifs is 1. The van der Waals surface area contributed by atoms with Gasteiger partial charge in [-0.1, -0.05) is 31.2 Å². The highest BCUT2D eigenvalue weighted by Crippen LogP contribution is 2.54. The summed E-state index contributed by atoms with van der Waals surface area (Å²) in [6.07, 6.45) is 1.02. The monoisotopic (exact) mass is 477 g/mol. The van der Waals surface area contributed by atoms with E-state index in [0.717, 1.165) is 46.5 Å². The van der Waals surface area contributed by atoms with Crippen molar-refractivity contribution in [3.8, 4) is 23.0 Å². The first kappa shape index (κ1) is 22.9. The van der Waals surface area contributed by atoms with E-state index in [4.69, 9.17) is 9.47 Å². The molecule has 5 rings (SSSR count). The summed E-state index contributed by atoms with van der Waals surface area (Å²) in [5.41, 5.74) is 2.01. The Labute approximate surface area is 205 Å². The molecule has 178 valence electrons. The second-order valence-corrected chi connectivity index (χ2v) is 10.6. The molecule has 3 aromatic rings. The van der Waals surface area contributed by atoms with Gasteiger partial charge in [0.1, 0.15) is 35.7 Å². The van der Waals surface area contributed by atoms with Gasteiger partial charge in [-0.2, -0.15) is 0 Å². The van der Waals surface area contributed by atoms with Crippen molar-refractivity contribution in [1.82, 2.24) is 4.90 Å². The SMILES string of the molecule is CC1CCN([C@@H](C)COc2ccc([C@@H]3Oc4ccc(O)cc4S[C@@H]3c3cccc(O)c3)cc2)C1. The largest absolute Gasteiger partial charge is 0.508 e. The van der Waals surface area contributed by atoms with Crippen molar-refractivity contribution >= 4 is 11.8 Å². The minimum absolute atomic E-state index is 0.0784. The Hall–Kier alpha value is -2.83. The third-order valence-electron chi connectivity index (χ3n) is 6.69. The Balaban J connectivity index is 1.34. The van der Waals surface area contributed by atoms with Crippen molar-refractivity contribution < 1.29 is 19.7 Å². The number of phenols is 2. The van der Waals surface area contributed by atoms with Crippen LogP contribution < -0.4 is 9.47 Å². The zero-order valence-corrected chi connectivity index (χ0v) is 20.4. The van der Waals surface area contributed by atoms with Gasteiger partial charge in [0, 0.05) is 12.6 Å². The molecule has 3 aromatic carbocycles. The van der Waals surface area contributed by atoms with Crippen LogP contribution >= 0.6 is 11.8 Å². The summed E-state index contributed by atoms with van der Waals surface area (Å²) in [5.74, 6) is 2.80. The van der Waals surface area contributed by atoms with E-state index in [1.54, 1.807) is 42.1 Å². The zero-order chi connectivity index (χ0) is 23.7. The van der Waals surface area contributed by atoms with Crippen LogP contribution in [0.5, 0.6) is 23.0 Å². The maximum atomic E-state index is 10.1. The topological polar surface area (TPSA) is 62.2 Å². The molecule has 6 heteroatoms. The number of hydrogen-bond donors (Lipinski definition) is 2. The molecular formula is C28H31NO4S. The number of thioether (sulfide) groups is 1. The van der Waals surface area contributed by atoms with Crippen LogP contribution in [-0.4, -0.2) is 40.9 Å². The average Bonchev–Trinajstić information content (AvgIpc) is 3.28. The van der Waals surface area contributed by atoms with E-state index in [2.05, 4.69) is 30.9 Å². The highest BCUT2D eigenvalue weighted by molar-refractivity contribution is 7.99. The second kappa shape index (κ2) is 9.80. The number of nitrogens with zero attached hydrogens (tertiary/aromatic N) is 1. The first-order valence-electron chi connectivity index (χ1n) is 11.9. The number of benzene rings is 3. The average molecular weight is 478 g/mol. The Morgan fingerprint density at radius 1 is 1.03 bits per heavy atom. The smallest absolute Gasteiger partial charge is 0.140 e.